The summed E-state index contributed by atoms with van der Waals surface area (Å²) >= 11 is 0. The standard InChI is InChI=1S/C16H24O6/c17-9-10(18)6-7-11-3-1-4-13-16(21-11)14(19)15-12(22-13)5-2-8-20-15/h1,3,6-7,10-19H,2,4-5,8-9H2/b7-6+/t10-,11+,12+,13-,14-,15+,16-/m0/s1. The van der Waals surface area contributed by atoms with Gasteiger partial charge < -0.3 is 29.5 Å². The molecule has 0 saturated carbocycles. The van der Waals surface area contributed by atoms with Crippen LogP contribution in [0.25, 0.3) is 0 Å². The van der Waals surface area contributed by atoms with Gasteiger partial charge >= 0.3 is 0 Å². The van der Waals surface area contributed by atoms with Crippen molar-refractivity contribution in [2.24, 2.45) is 0 Å². The van der Waals surface area contributed by atoms with Crippen molar-refractivity contribution in [3.63, 3.8) is 0 Å². The zero-order chi connectivity index (χ0) is 15.5. The number of fused-ring (bicyclic) bond motifs is 2. The Labute approximate surface area is 130 Å². The van der Waals surface area contributed by atoms with E-state index >= 15 is 0 Å². The van der Waals surface area contributed by atoms with Crippen molar-refractivity contribution in [1.82, 2.24) is 0 Å². The molecule has 0 bridgehead atoms. The van der Waals surface area contributed by atoms with E-state index < -0.39 is 18.3 Å². The molecular weight excluding hydrogens is 288 g/mol. The second-order valence-corrected chi connectivity index (χ2v) is 6.05. The van der Waals surface area contributed by atoms with Crippen molar-refractivity contribution >= 4 is 0 Å². The zero-order valence-electron chi connectivity index (χ0n) is 12.5. The quantitative estimate of drug-likeness (QED) is 0.632. The van der Waals surface area contributed by atoms with Crippen LogP contribution in [0.15, 0.2) is 24.3 Å². The number of rotatable bonds is 3. The fourth-order valence-electron chi connectivity index (χ4n) is 3.29. The predicted octanol–water partition coefficient (Wildman–Crippen LogP) is -0.0832. The van der Waals surface area contributed by atoms with E-state index in [4.69, 9.17) is 19.3 Å². The Hall–Kier alpha value is -0.760. The minimum atomic E-state index is -0.908. The van der Waals surface area contributed by atoms with E-state index in [2.05, 4.69) is 0 Å². The number of aliphatic hydroxyl groups is 3. The van der Waals surface area contributed by atoms with Gasteiger partial charge in [0, 0.05) is 6.61 Å². The fraction of sp³-hybridized carbons (Fsp3) is 0.750. The maximum absolute atomic E-state index is 10.6. The molecule has 6 nitrogen and oxygen atoms in total. The van der Waals surface area contributed by atoms with Gasteiger partial charge in [-0.15, -0.1) is 0 Å². The molecule has 0 aromatic rings. The second kappa shape index (κ2) is 7.21. The molecule has 2 saturated heterocycles. The van der Waals surface area contributed by atoms with E-state index in [1.165, 1.54) is 6.08 Å². The number of ether oxygens (including phenoxy) is 3. The van der Waals surface area contributed by atoms with Crippen molar-refractivity contribution in [1.29, 1.82) is 0 Å². The van der Waals surface area contributed by atoms with E-state index in [0.29, 0.717) is 13.0 Å². The van der Waals surface area contributed by atoms with Crippen molar-refractivity contribution < 1.29 is 29.5 Å². The van der Waals surface area contributed by atoms with E-state index in [-0.39, 0.29) is 31.0 Å². The lowest BCUT2D eigenvalue weighted by Crippen LogP contribution is -2.60. The van der Waals surface area contributed by atoms with Crippen LogP contribution in [0.4, 0.5) is 0 Å². The molecule has 3 heterocycles. The lowest BCUT2D eigenvalue weighted by molar-refractivity contribution is -0.259. The monoisotopic (exact) mass is 312 g/mol. The third-order valence-corrected chi connectivity index (χ3v) is 4.42. The van der Waals surface area contributed by atoms with Gasteiger partial charge in [0.15, 0.2) is 0 Å². The maximum Gasteiger partial charge on any atom is 0.114 e. The first-order valence-electron chi connectivity index (χ1n) is 7.93. The summed E-state index contributed by atoms with van der Waals surface area (Å²) < 4.78 is 17.7. The lowest BCUT2D eigenvalue weighted by Gasteiger charge is -2.46. The summed E-state index contributed by atoms with van der Waals surface area (Å²) in [4.78, 5) is 0. The van der Waals surface area contributed by atoms with E-state index in [1.54, 1.807) is 6.08 Å². The Balaban J connectivity index is 1.69. The van der Waals surface area contributed by atoms with Gasteiger partial charge in [-0.25, -0.2) is 0 Å². The van der Waals surface area contributed by atoms with Crippen LogP contribution in [0.1, 0.15) is 19.3 Å². The molecule has 7 atom stereocenters. The third kappa shape index (κ3) is 3.42. The Morgan fingerprint density at radius 1 is 1.23 bits per heavy atom. The van der Waals surface area contributed by atoms with Crippen molar-refractivity contribution in [2.45, 2.75) is 62.0 Å². The predicted molar refractivity (Wildman–Crippen MR) is 78.3 cm³/mol. The fourth-order valence-corrected chi connectivity index (χ4v) is 3.29. The normalized spacial score (nSPS) is 43.4. The third-order valence-electron chi connectivity index (χ3n) is 4.42. The van der Waals surface area contributed by atoms with Gasteiger partial charge in [0.1, 0.15) is 18.3 Å². The summed E-state index contributed by atoms with van der Waals surface area (Å²) in [6, 6.07) is 0. The Morgan fingerprint density at radius 2 is 2.09 bits per heavy atom. The molecule has 0 spiro atoms. The summed E-state index contributed by atoms with van der Waals surface area (Å²) in [6.45, 7) is 0.311. The van der Waals surface area contributed by atoms with Crippen LogP contribution in [0.3, 0.4) is 0 Å². The summed E-state index contributed by atoms with van der Waals surface area (Å²) in [6.07, 6.45) is 6.51. The second-order valence-electron chi connectivity index (χ2n) is 6.05. The minimum Gasteiger partial charge on any atom is -0.393 e. The SMILES string of the molecule is OC[C@@H](O)/C=C/[C@H]1C=CC[C@@H]2O[C@@H]3CCCO[C@H]3[C@H](O)[C@H]2O1. The molecule has 3 N–H and O–H groups in total. The Morgan fingerprint density at radius 3 is 2.91 bits per heavy atom. The molecular formula is C16H24O6. The highest BCUT2D eigenvalue weighted by Crippen LogP contribution is 2.34. The van der Waals surface area contributed by atoms with Gasteiger partial charge in [-0.3, -0.25) is 0 Å². The number of hydrogen-bond donors (Lipinski definition) is 3. The molecule has 0 radical (unpaired) electrons. The van der Waals surface area contributed by atoms with E-state index in [0.717, 1.165) is 12.8 Å². The lowest BCUT2D eigenvalue weighted by atomic mass is 9.90. The summed E-state index contributed by atoms with van der Waals surface area (Å²) in [5.41, 5.74) is 0. The molecule has 0 aromatic heterocycles. The zero-order valence-corrected chi connectivity index (χ0v) is 12.5. The van der Waals surface area contributed by atoms with Crippen LogP contribution in [-0.4, -0.2) is 71.3 Å². The highest BCUT2D eigenvalue weighted by Gasteiger charge is 2.48. The van der Waals surface area contributed by atoms with Gasteiger partial charge in [0.25, 0.3) is 0 Å². The molecule has 0 amide bonds. The summed E-state index contributed by atoms with van der Waals surface area (Å²) in [7, 11) is 0. The smallest absolute Gasteiger partial charge is 0.114 e. The molecule has 22 heavy (non-hydrogen) atoms. The van der Waals surface area contributed by atoms with Gasteiger partial charge in [-0.2, -0.15) is 0 Å². The first-order valence-corrected chi connectivity index (χ1v) is 7.93. The molecule has 3 aliphatic heterocycles. The first-order chi connectivity index (χ1) is 10.7. The van der Waals surface area contributed by atoms with Crippen molar-refractivity contribution in [3.05, 3.63) is 24.3 Å². The van der Waals surface area contributed by atoms with Crippen LogP contribution in [-0.2, 0) is 14.2 Å². The highest BCUT2D eigenvalue weighted by atomic mass is 16.6. The van der Waals surface area contributed by atoms with Crippen LogP contribution in [0.5, 0.6) is 0 Å². The van der Waals surface area contributed by atoms with Gasteiger partial charge in [0.05, 0.1) is 31.0 Å². The molecule has 6 heteroatoms. The van der Waals surface area contributed by atoms with Crippen LogP contribution >= 0.6 is 0 Å². The molecule has 0 aromatic carbocycles. The maximum atomic E-state index is 10.6. The molecule has 0 aliphatic carbocycles. The summed E-state index contributed by atoms with van der Waals surface area (Å²) in [5, 5.41) is 28.8. The van der Waals surface area contributed by atoms with Gasteiger partial charge in [-0.05, 0) is 19.3 Å². The minimum absolute atomic E-state index is 0.0645. The number of hydrogen-bond acceptors (Lipinski definition) is 6. The molecule has 3 aliphatic rings. The van der Waals surface area contributed by atoms with Crippen LogP contribution < -0.4 is 0 Å². The molecule has 124 valence electrons. The molecule has 3 rings (SSSR count). The summed E-state index contributed by atoms with van der Waals surface area (Å²) in [5.74, 6) is 0. The van der Waals surface area contributed by atoms with Gasteiger partial charge in [-0.1, -0.05) is 24.3 Å². The largest absolute Gasteiger partial charge is 0.393 e. The highest BCUT2D eigenvalue weighted by molar-refractivity contribution is 5.10. The average Bonchev–Trinajstić information content (AvgIpc) is 2.75. The van der Waals surface area contributed by atoms with Crippen molar-refractivity contribution in [2.75, 3.05) is 13.2 Å². The van der Waals surface area contributed by atoms with E-state index in [1.807, 2.05) is 12.2 Å². The van der Waals surface area contributed by atoms with Crippen LogP contribution in [0, 0.1) is 0 Å². The first kappa shape index (κ1) is 16.1. The van der Waals surface area contributed by atoms with E-state index in [9.17, 15) is 10.2 Å². The van der Waals surface area contributed by atoms with Gasteiger partial charge in [0.2, 0.25) is 0 Å². The Kier molecular flexibility index (Phi) is 5.28. The topological polar surface area (TPSA) is 88.4 Å². The average molecular weight is 312 g/mol. The molecule has 0 unspecified atom stereocenters. The molecule has 2 fully saturated rings. The number of aliphatic hydroxyl groups excluding tert-OH is 3. The van der Waals surface area contributed by atoms with Crippen LogP contribution in [0.2, 0.25) is 0 Å². The Bertz CT molecular complexity index is 423. The van der Waals surface area contributed by atoms with Crippen molar-refractivity contribution in [3.8, 4) is 0 Å².